The summed E-state index contributed by atoms with van der Waals surface area (Å²) in [5.41, 5.74) is 0.543. The maximum absolute atomic E-state index is 11.8. The van der Waals surface area contributed by atoms with Crippen molar-refractivity contribution in [3.05, 3.63) is 22.1 Å². The Morgan fingerprint density at radius 2 is 2.22 bits per heavy atom. The third-order valence-electron chi connectivity index (χ3n) is 2.35. The Bertz CT molecular complexity index is 532. The molecule has 0 unspecified atom stereocenters. The molecule has 18 heavy (non-hydrogen) atoms. The van der Waals surface area contributed by atoms with Gasteiger partial charge in [-0.1, -0.05) is 13.8 Å². The van der Waals surface area contributed by atoms with Gasteiger partial charge >= 0.3 is 0 Å². The summed E-state index contributed by atoms with van der Waals surface area (Å²) in [6, 6.07) is 0. The van der Waals surface area contributed by atoms with E-state index in [2.05, 4.69) is 29.1 Å². The maximum atomic E-state index is 11.8. The lowest BCUT2D eigenvalue weighted by molar-refractivity contribution is 0.0958. The van der Waals surface area contributed by atoms with Gasteiger partial charge in [0.1, 0.15) is 5.69 Å². The molecule has 0 radical (unpaired) electrons. The Balaban J connectivity index is 2.40. The highest BCUT2D eigenvalue weighted by atomic mass is 32.1. The number of thiazole rings is 2. The summed E-state index contributed by atoms with van der Waals surface area (Å²) in [6.45, 7) is 4.27. The summed E-state index contributed by atoms with van der Waals surface area (Å²) in [6.07, 6.45) is 2.62. The highest BCUT2D eigenvalue weighted by Crippen LogP contribution is 2.30. The zero-order valence-corrected chi connectivity index (χ0v) is 12.2. The van der Waals surface area contributed by atoms with Gasteiger partial charge in [0, 0.05) is 23.5 Å². The van der Waals surface area contributed by atoms with Gasteiger partial charge in [0.05, 0.1) is 0 Å². The van der Waals surface area contributed by atoms with Crippen molar-refractivity contribution in [1.82, 2.24) is 15.3 Å². The van der Waals surface area contributed by atoms with E-state index in [-0.39, 0.29) is 5.91 Å². The van der Waals surface area contributed by atoms with Crippen LogP contribution in [-0.4, -0.2) is 22.9 Å². The molecule has 0 saturated heterocycles. The van der Waals surface area contributed by atoms with Crippen molar-refractivity contribution in [3.8, 4) is 10.0 Å². The number of nitrogens with one attached hydrogen (secondary N) is 1. The first-order chi connectivity index (χ1) is 8.61. The van der Waals surface area contributed by atoms with Crippen LogP contribution in [0.15, 0.2) is 11.6 Å². The fourth-order valence-corrected chi connectivity index (χ4v) is 3.53. The van der Waals surface area contributed by atoms with Gasteiger partial charge in [0.15, 0.2) is 10.0 Å². The van der Waals surface area contributed by atoms with Gasteiger partial charge in [-0.05, 0) is 12.3 Å². The smallest absolute Gasteiger partial charge is 0.270 e. The summed E-state index contributed by atoms with van der Waals surface area (Å²) in [4.78, 5) is 21.5. The zero-order chi connectivity index (χ0) is 13.1. The minimum Gasteiger partial charge on any atom is -0.354 e. The van der Waals surface area contributed by atoms with Crippen LogP contribution in [0.1, 0.15) is 29.2 Å². The number of rotatable bonds is 4. The topological polar surface area (TPSA) is 54.9 Å². The molecule has 0 saturated carbocycles. The van der Waals surface area contributed by atoms with E-state index >= 15 is 0 Å². The van der Waals surface area contributed by atoms with Gasteiger partial charge < -0.3 is 5.32 Å². The van der Waals surface area contributed by atoms with Crippen LogP contribution in [-0.2, 0) is 6.42 Å². The van der Waals surface area contributed by atoms with Gasteiger partial charge in [-0.25, -0.2) is 9.97 Å². The first-order valence-corrected chi connectivity index (χ1v) is 7.43. The fraction of sp³-hybridized carbons (Fsp3) is 0.417. The van der Waals surface area contributed by atoms with E-state index in [0.717, 1.165) is 21.3 Å². The molecule has 0 fully saturated rings. The van der Waals surface area contributed by atoms with Crippen LogP contribution < -0.4 is 5.32 Å². The van der Waals surface area contributed by atoms with Crippen LogP contribution in [0.4, 0.5) is 0 Å². The third-order valence-corrected chi connectivity index (χ3v) is 4.34. The molecule has 0 bridgehead atoms. The number of aromatic nitrogens is 2. The second-order valence-corrected chi connectivity index (χ2v) is 6.28. The van der Waals surface area contributed by atoms with E-state index < -0.39 is 0 Å². The van der Waals surface area contributed by atoms with Gasteiger partial charge in [0.2, 0.25) is 0 Å². The molecule has 1 N–H and O–H groups in total. The predicted octanol–water partition coefficient (Wildman–Crippen LogP) is 2.82. The summed E-state index contributed by atoms with van der Waals surface area (Å²) in [7, 11) is 1.63. The van der Waals surface area contributed by atoms with E-state index in [1.807, 2.05) is 5.38 Å². The Kier molecular flexibility index (Phi) is 4.08. The summed E-state index contributed by atoms with van der Waals surface area (Å²) in [5, 5.41) is 6.26. The zero-order valence-electron chi connectivity index (χ0n) is 10.6. The number of carbonyl (C=O) groups excluding carboxylic acids is 1. The molecule has 0 aliphatic rings. The van der Waals surface area contributed by atoms with Gasteiger partial charge in [-0.3, -0.25) is 4.79 Å². The Morgan fingerprint density at radius 3 is 2.78 bits per heavy atom. The average molecular weight is 281 g/mol. The molecule has 96 valence electrons. The Labute approximate surface area is 114 Å². The third kappa shape index (κ3) is 2.76. The molecule has 2 rings (SSSR count). The van der Waals surface area contributed by atoms with Crippen LogP contribution in [0.25, 0.3) is 10.0 Å². The van der Waals surface area contributed by atoms with E-state index in [4.69, 9.17) is 0 Å². The fourth-order valence-electron chi connectivity index (χ4n) is 1.58. The van der Waals surface area contributed by atoms with Crippen molar-refractivity contribution in [2.75, 3.05) is 7.05 Å². The molecule has 0 spiro atoms. The first kappa shape index (κ1) is 13.2. The van der Waals surface area contributed by atoms with Gasteiger partial charge in [-0.2, -0.15) is 0 Å². The molecule has 4 nitrogen and oxygen atoms in total. The molecule has 6 heteroatoms. The second kappa shape index (κ2) is 5.58. The number of amides is 1. The van der Waals surface area contributed by atoms with Crippen LogP contribution >= 0.6 is 22.7 Å². The van der Waals surface area contributed by atoms with Crippen LogP contribution in [0.3, 0.4) is 0 Å². The van der Waals surface area contributed by atoms with Crippen molar-refractivity contribution in [2.24, 2.45) is 5.92 Å². The predicted molar refractivity (Wildman–Crippen MR) is 75.2 cm³/mol. The largest absolute Gasteiger partial charge is 0.354 e. The van der Waals surface area contributed by atoms with Crippen LogP contribution in [0.2, 0.25) is 0 Å². The molecular weight excluding hydrogens is 266 g/mol. The minimum atomic E-state index is -0.121. The van der Waals surface area contributed by atoms with Crippen molar-refractivity contribution in [1.29, 1.82) is 0 Å². The lowest BCUT2D eigenvalue weighted by Gasteiger charge is -2.03. The van der Waals surface area contributed by atoms with Crippen molar-refractivity contribution in [2.45, 2.75) is 20.3 Å². The average Bonchev–Trinajstić information content (AvgIpc) is 2.95. The Hall–Kier alpha value is -1.27. The van der Waals surface area contributed by atoms with Crippen molar-refractivity contribution < 1.29 is 4.79 Å². The molecule has 0 aromatic carbocycles. The number of hydrogen-bond donors (Lipinski definition) is 1. The Morgan fingerprint density at radius 1 is 1.44 bits per heavy atom. The molecule has 2 aromatic heterocycles. The highest BCUT2D eigenvalue weighted by molar-refractivity contribution is 7.20. The lowest BCUT2D eigenvalue weighted by Crippen LogP contribution is -2.20. The highest BCUT2D eigenvalue weighted by Gasteiger charge is 2.19. The maximum Gasteiger partial charge on any atom is 0.270 e. The van der Waals surface area contributed by atoms with Crippen molar-refractivity contribution in [3.63, 3.8) is 0 Å². The second-order valence-electron chi connectivity index (χ2n) is 4.31. The van der Waals surface area contributed by atoms with Crippen molar-refractivity contribution >= 4 is 28.6 Å². The molecule has 0 aliphatic heterocycles. The van der Waals surface area contributed by atoms with E-state index in [9.17, 15) is 4.79 Å². The first-order valence-electron chi connectivity index (χ1n) is 5.73. The van der Waals surface area contributed by atoms with Crippen LogP contribution in [0, 0.1) is 5.92 Å². The molecule has 1 amide bonds. The molecule has 0 aliphatic carbocycles. The monoisotopic (exact) mass is 281 g/mol. The molecular formula is C12H15N3OS2. The SMILES string of the molecule is CNC(=O)c1nc(-c2nccs2)sc1CC(C)C. The summed E-state index contributed by atoms with van der Waals surface area (Å²) < 4.78 is 0. The van der Waals surface area contributed by atoms with E-state index in [1.54, 1.807) is 35.9 Å². The van der Waals surface area contributed by atoms with Gasteiger partial charge in [-0.15, -0.1) is 22.7 Å². The van der Waals surface area contributed by atoms with E-state index in [1.165, 1.54) is 0 Å². The molecule has 2 aromatic rings. The number of carbonyl (C=O) groups is 1. The number of nitrogens with zero attached hydrogens (tertiary/aromatic N) is 2. The minimum absolute atomic E-state index is 0.121. The molecule has 2 heterocycles. The van der Waals surface area contributed by atoms with Gasteiger partial charge in [0.25, 0.3) is 5.91 Å². The standard InChI is InChI=1S/C12H15N3OS2/c1-7(2)6-8-9(10(16)13-3)15-12(18-8)11-14-4-5-17-11/h4-5,7H,6H2,1-3H3,(H,13,16). The lowest BCUT2D eigenvalue weighted by atomic mass is 10.1. The molecule has 0 atom stereocenters. The summed E-state index contributed by atoms with van der Waals surface area (Å²) in [5.74, 6) is 0.378. The number of hydrogen-bond acceptors (Lipinski definition) is 5. The van der Waals surface area contributed by atoms with Crippen LogP contribution in [0.5, 0.6) is 0 Å². The quantitative estimate of drug-likeness (QED) is 0.937. The van der Waals surface area contributed by atoms with E-state index in [0.29, 0.717) is 11.6 Å². The normalized spacial score (nSPS) is 10.9. The summed E-state index contributed by atoms with van der Waals surface area (Å²) >= 11 is 3.11.